The van der Waals surface area contributed by atoms with Crippen molar-refractivity contribution in [2.75, 3.05) is 23.9 Å². The minimum atomic E-state index is -0.474. The number of allylic oxidation sites excluding steroid dienone is 1. The number of nitrogens with one attached hydrogen (secondary N) is 1. The zero-order valence-corrected chi connectivity index (χ0v) is 20.8. The number of rotatable bonds is 8. The van der Waals surface area contributed by atoms with Crippen LogP contribution in [-0.4, -0.2) is 25.5 Å². The summed E-state index contributed by atoms with van der Waals surface area (Å²) in [4.78, 5) is 27.7. The maximum Gasteiger partial charge on any atom is 0.340 e. The SMILES string of the molecule is CCOC(=O)c1cc(N(C)Cc2ccccc2)ccc1NC(=O)C=C(C)c1ccc2ccccc2c1. The predicted molar refractivity (Wildman–Crippen MR) is 147 cm³/mol. The van der Waals surface area contributed by atoms with E-state index >= 15 is 0 Å². The van der Waals surface area contributed by atoms with E-state index in [1.165, 1.54) is 0 Å². The zero-order chi connectivity index (χ0) is 25.5. The van der Waals surface area contributed by atoms with Gasteiger partial charge in [0.2, 0.25) is 5.91 Å². The Balaban J connectivity index is 1.56. The number of benzene rings is 4. The molecule has 0 unspecified atom stereocenters. The maximum atomic E-state index is 12.9. The molecule has 0 aromatic heterocycles. The Kier molecular flexibility index (Phi) is 7.81. The van der Waals surface area contributed by atoms with Crippen molar-refractivity contribution in [1.82, 2.24) is 0 Å². The van der Waals surface area contributed by atoms with E-state index in [4.69, 9.17) is 4.74 Å². The number of fused-ring (bicyclic) bond motifs is 1. The van der Waals surface area contributed by atoms with E-state index in [-0.39, 0.29) is 12.5 Å². The number of hydrogen-bond acceptors (Lipinski definition) is 4. The molecule has 0 bridgehead atoms. The minimum absolute atomic E-state index is 0.247. The summed E-state index contributed by atoms with van der Waals surface area (Å²) >= 11 is 0. The van der Waals surface area contributed by atoms with Crippen molar-refractivity contribution in [3.05, 3.63) is 114 Å². The molecule has 0 saturated heterocycles. The van der Waals surface area contributed by atoms with Crippen LogP contribution in [0.5, 0.6) is 0 Å². The summed E-state index contributed by atoms with van der Waals surface area (Å²) in [6.45, 7) is 4.59. The van der Waals surface area contributed by atoms with Gasteiger partial charge in [0.15, 0.2) is 0 Å². The molecule has 0 heterocycles. The van der Waals surface area contributed by atoms with Gasteiger partial charge in [-0.3, -0.25) is 4.79 Å². The van der Waals surface area contributed by atoms with Gasteiger partial charge < -0.3 is 15.0 Å². The van der Waals surface area contributed by atoms with Crippen LogP contribution in [0.25, 0.3) is 16.3 Å². The van der Waals surface area contributed by atoms with Crippen LogP contribution in [0.4, 0.5) is 11.4 Å². The fraction of sp³-hybridized carbons (Fsp3) is 0.161. The van der Waals surface area contributed by atoms with Crippen LogP contribution in [0.1, 0.15) is 35.3 Å². The number of anilines is 2. The number of ether oxygens (including phenoxy) is 1. The van der Waals surface area contributed by atoms with Crippen molar-refractivity contribution < 1.29 is 14.3 Å². The number of nitrogens with zero attached hydrogens (tertiary/aromatic N) is 1. The largest absolute Gasteiger partial charge is 0.462 e. The Labute approximate surface area is 212 Å². The molecule has 0 fully saturated rings. The van der Waals surface area contributed by atoms with E-state index in [0.717, 1.165) is 33.2 Å². The summed E-state index contributed by atoms with van der Waals surface area (Å²) in [5.74, 6) is -0.783. The molecule has 4 aromatic rings. The van der Waals surface area contributed by atoms with Crippen LogP contribution in [0.2, 0.25) is 0 Å². The first-order valence-electron chi connectivity index (χ1n) is 12.0. The van der Waals surface area contributed by atoms with Crippen LogP contribution in [-0.2, 0) is 16.1 Å². The topological polar surface area (TPSA) is 58.6 Å². The number of amides is 1. The van der Waals surface area contributed by atoms with Crippen LogP contribution < -0.4 is 10.2 Å². The number of carbonyl (C=O) groups excluding carboxylic acids is 2. The second-order valence-corrected chi connectivity index (χ2v) is 8.67. The molecule has 0 aliphatic rings. The number of carbonyl (C=O) groups is 2. The van der Waals surface area contributed by atoms with Crippen molar-refractivity contribution in [1.29, 1.82) is 0 Å². The van der Waals surface area contributed by atoms with Crippen molar-refractivity contribution >= 4 is 39.6 Å². The van der Waals surface area contributed by atoms with Gasteiger partial charge >= 0.3 is 5.97 Å². The smallest absolute Gasteiger partial charge is 0.340 e. The maximum absolute atomic E-state index is 12.9. The molecule has 0 aliphatic carbocycles. The van der Waals surface area contributed by atoms with Gasteiger partial charge in [0.25, 0.3) is 0 Å². The third kappa shape index (κ3) is 5.99. The summed E-state index contributed by atoms with van der Waals surface area (Å²) in [6, 6.07) is 29.7. The van der Waals surface area contributed by atoms with Gasteiger partial charge in [-0.15, -0.1) is 0 Å². The summed E-state index contributed by atoms with van der Waals surface area (Å²) in [5.41, 5.74) is 4.53. The van der Waals surface area contributed by atoms with E-state index < -0.39 is 5.97 Å². The molecular weight excluding hydrogens is 448 g/mol. The Morgan fingerprint density at radius 1 is 0.889 bits per heavy atom. The molecule has 5 nitrogen and oxygen atoms in total. The first-order chi connectivity index (χ1) is 17.4. The highest BCUT2D eigenvalue weighted by Crippen LogP contribution is 2.26. The number of esters is 1. The van der Waals surface area contributed by atoms with Crippen molar-refractivity contribution in [3.8, 4) is 0 Å². The monoisotopic (exact) mass is 478 g/mol. The van der Waals surface area contributed by atoms with Crippen LogP contribution in [0.15, 0.2) is 97.1 Å². The molecule has 0 aliphatic heterocycles. The standard InChI is InChI=1S/C31H30N2O3/c1-4-36-31(35)28-20-27(33(3)21-23-10-6-5-7-11-23)16-17-29(28)32-30(34)18-22(2)25-15-14-24-12-8-9-13-26(24)19-25/h5-20H,4,21H2,1-3H3,(H,32,34). The fourth-order valence-corrected chi connectivity index (χ4v) is 4.09. The molecule has 36 heavy (non-hydrogen) atoms. The second-order valence-electron chi connectivity index (χ2n) is 8.67. The summed E-state index contributed by atoms with van der Waals surface area (Å²) in [5, 5.41) is 5.13. The molecular formula is C31H30N2O3. The molecule has 1 N–H and O–H groups in total. The minimum Gasteiger partial charge on any atom is -0.462 e. The lowest BCUT2D eigenvalue weighted by molar-refractivity contribution is -0.111. The molecule has 4 rings (SSSR count). The fourth-order valence-electron chi connectivity index (χ4n) is 4.09. The van der Waals surface area contributed by atoms with E-state index in [9.17, 15) is 9.59 Å². The molecule has 182 valence electrons. The van der Waals surface area contributed by atoms with Gasteiger partial charge in [0, 0.05) is 25.4 Å². The highest BCUT2D eigenvalue weighted by molar-refractivity contribution is 6.08. The molecule has 0 radical (unpaired) electrons. The average molecular weight is 479 g/mol. The average Bonchev–Trinajstić information content (AvgIpc) is 2.89. The molecule has 0 atom stereocenters. The van der Waals surface area contributed by atoms with Crippen molar-refractivity contribution in [2.24, 2.45) is 0 Å². The van der Waals surface area contributed by atoms with E-state index in [0.29, 0.717) is 17.8 Å². The van der Waals surface area contributed by atoms with E-state index in [1.807, 2.05) is 73.5 Å². The number of hydrogen-bond donors (Lipinski definition) is 1. The lowest BCUT2D eigenvalue weighted by Gasteiger charge is -2.21. The second kappa shape index (κ2) is 11.4. The van der Waals surface area contributed by atoms with E-state index in [1.54, 1.807) is 25.1 Å². The van der Waals surface area contributed by atoms with Gasteiger partial charge in [-0.05, 0) is 65.6 Å². The summed E-state index contributed by atoms with van der Waals surface area (Å²) in [6.07, 6.45) is 1.55. The third-order valence-electron chi connectivity index (χ3n) is 6.01. The normalized spacial score (nSPS) is 11.2. The van der Waals surface area contributed by atoms with E-state index in [2.05, 4.69) is 29.6 Å². The molecule has 5 heteroatoms. The molecule has 1 amide bonds. The van der Waals surface area contributed by atoms with Gasteiger partial charge in [-0.2, -0.15) is 0 Å². The Hall–Kier alpha value is -4.38. The van der Waals surface area contributed by atoms with Gasteiger partial charge in [0.1, 0.15) is 0 Å². The van der Waals surface area contributed by atoms with Gasteiger partial charge in [-0.25, -0.2) is 4.79 Å². The highest BCUT2D eigenvalue weighted by atomic mass is 16.5. The third-order valence-corrected chi connectivity index (χ3v) is 6.01. The Bertz CT molecular complexity index is 1410. The van der Waals surface area contributed by atoms with Crippen LogP contribution >= 0.6 is 0 Å². The van der Waals surface area contributed by atoms with Crippen LogP contribution in [0.3, 0.4) is 0 Å². The highest BCUT2D eigenvalue weighted by Gasteiger charge is 2.17. The quantitative estimate of drug-likeness (QED) is 0.226. The molecule has 0 saturated carbocycles. The Morgan fingerprint density at radius 2 is 1.61 bits per heavy atom. The lowest BCUT2D eigenvalue weighted by atomic mass is 10.0. The lowest BCUT2D eigenvalue weighted by Crippen LogP contribution is -2.19. The summed E-state index contributed by atoms with van der Waals surface area (Å²) in [7, 11) is 1.96. The molecule has 0 spiro atoms. The first kappa shape index (κ1) is 24.7. The predicted octanol–water partition coefficient (Wildman–Crippen LogP) is 6.69. The van der Waals surface area contributed by atoms with Crippen LogP contribution in [0, 0.1) is 0 Å². The van der Waals surface area contributed by atoms with Crippen molar-refractivity contribution in [2.45, 2.75) is 20.4 Å². The van der Waals surface area contributed by atoms with Gasteiger partial charge in [-0.1, -0.05) is 66.7 Å². The summed E-state index contributed by atoms with van der Waals surface area (Å²) < 4.78 is 5.27. The first-order valence-corrected chi connectivity index (χ1v) is 12.0. The zero-order valence-electron chi connectivity index (χ0n) is 20.8. The van der Waals surface area contributed by atoms with Gasteiger partial charge in [0.05, 0.1) is 17.9 Å². The molecule has 4 aromatic carbocycles. The Morgan fingerprint density at radius 3 is 2.36 bits per heavy atom. The van der Waals surface area contributed by atoms with Crippen molar-refractivity contribution in [3.63, 3.8) is 0 Å².